The first-order valence-electron chi connectivity index (χ1n) is 7.78. The van der Waals surface area contributed by atoms with Crippen molar-refractivity contribution in [3.8, 4) is 0 Å². The van der Waals surface area contributed by atoms with E-state index >= 15 is 0 Å². The molecule has 0 heterocycles. The third kappa shape index (κ3) is 12.6. The van der Waals surface area contributed by atoms with E-state index in [4.69, 9.17) is 0 Å². The molecule has 4 heteroatoms. The summed E-state index contributed by atoms with van der Waals surface area (Å²) < 4.78 is 0. The molecule has 3 nitrogen and oxygen atoms in total. The van der Waals surface area contributed by atoms with E-state index in [0.29, 0.717) is 12.1 Å². The highest BCUT2D eigenvalue weighted by atomic mass is 28.4. The van der Waals surface area contributed by atoms with Crippen LogP contribution in [-0.4, -0.2) is 31.2 Å². The van der Waals surface area contributed by atoms with Gasteiger partial charge in [0.1, 0.15) is 0 Å². The minimum absolute atomic E-state index is 0.534. The summed E-state index contributed by atoms with van der Waals surface area (Å²) in [5.41, 5.74) is 0. The predicted octanol–water partition coefficient (Wildman–Crippen LogP) is 3.16. The van der Waals surface area contributed by atoms with Gasteiger partial charge in [0.15, 0.2) is 0 Å². The third-order valence-electron chi connectivity index (χ3n) is 3.48. The summed E-state index contributed by atoms with van der Waals surface area (Å²) in [4.78, 5) is 19.0. The van der Waals surface area contributed by atoms with Crippen LogP contribution in [0.25, 0.3) is 0 Å². The maximum Gasteiger partial charge on any atom is 0.333 e. The van der Waals surface area contributed by atoms with Gasteiger partial charge < -0.3 is 14.9 Å². The Hall–Kier alpha value is 0.0969. The standard InChI is InChI=1S/C14H33NO2Si/c1-3-5-6-7-8-9-10-11-12-15-13-14-18(16,17)4-2/h15-17H,3-14H2,1-2H3. The van der Waals surface area contributed by atoms with Gasteiger partial charge in [-0.25, -0.2) is 0 Å². The molecule has 0 spiro atoms. The molecule has 0 saturated carbocycles. The summed E-state index contributed by atoms with van der Waals surface area (Å²) in [5.74, 6) is 0. The molecule has 0 amide bonds. The van der Waals surface area contributed by atoms with Crippen LogP contribution >= 0.6 is 0 Å². The Bertz CT molecular complexity index is 177. The van der Waals surface area contributed by atoms with Crippen LogP contribution < -0.4 is 5.32 Å². The lowest BCUT2D eigenvalue weighted by atomic mass is 10.1. The van der Waals surface area contributed by atoms with Gasteiger partial charge in [-0.3, -0.25) is 0 Å². The molecule has 3 N–H and O–H groups in total. The topological polar surface area (TPSA) is 52.5 Å². The van der Waals surface area contributed by atoms with Crippen LogP contribution in [0.3, 0.4) is 0 Å². The van der Waals surface area contributed by atoms with E-state index in [0.717, 1.165) is 13.1 Å². The molecule has 0 fully saturated rings. The molecule has 0 rings (SSSR count). The molecule has 0 bridgehead atoms. The second kappa shape index (κ2) is 12.1. The van der Waals surface area contributed by atoms with Gasteiger partial charge in [0.25, 0.3) is 0 Å². The zero-order valence-corrected chi connectivity index (χ0v) is 13.4. The smallest absolute Gasteiger partial charge is 0.333 e. The number of unbranched alkanes of at least 4 members (excludes halogenated alkanes) is 7. The molecule has 0 radical (unpaired) electrons. The second-order valence-corrected chi connectivity index (χ2v) is 8.48. The Labute approximate surface area is 114 Å². The van der Waals surface area contributed by atoms with Crippen LogP contribution in [0.5, 0.6) is 0 Å². The van der Waals surface area contributed by atoms with E-state index < -0.39 is 8.56 Å². The van der Waals surface area contributed by atoms with E-state index in [1.807, 2.05) is 6.92 Å². The minimum atomic E-state index is -2.83. The van der Waals surface area contributed by atoms with Gasteiger partial charge in [0.05, 0.1) is 0 Å². The summed E-state index contributed by atoms with van der Waals surface area (Å²) in [5, 5.41) is 3.30. The minimum Gasteiger partial charge on any atom is -0.411 e. The quantitative estimate of drug-likeness (QED) is 0.357. The zero-order chi connectivity index (χ0) is 13.7. The Balaban J connectivity index is 3.08. The summed E-state index contributed by atoms with van der Waals surface area (Å²) in [6, 6.07) is 1.09. The number of hydrogen-bond acceptors (Lipinski definition) is 3. The predicted molar refractivity (Wildman–Crippen MR) is 81.0 cm³/mol. The van der Waals surface area contributed by atoms with Crippen molar-refractivity contribution in [3.63, 3.8) is 0 Å². The van der Waals surface area contributed by atoms with Crippen LogP contribution in [0.4, 0.5) is 0 Å². The van der Waals surface area contributed by atoms with Crippen molar-refractivity contribution < 1.29 is 9.59 Å². The van der Waals surface area contributed by atoms with E-state index in [1.165, 1.54) is 51.4 Å². The Kier molecular flexibility index (Phi) is 12.2. The van der Waals surface area contributed by atoms with Gasteiger partial charge in [-0.2, -0.15) is 0 Å². The molecule has 18 heavy (non-hydrogen) atoms. The molecule has 0 aromatic rings. The van der Waals surface area contributed by atoms with Crippen molar-refractivity contribution in [2.45, 2.75) is 77.3 Å². The van der Waals surface area contributed by atoms with E-state index in [-0.39, 0.29) is 0 Å². The fraction of sp³-hybridized carbons (Fsp3) is 1.00. The number of nitrogens with one attached hydrogen (secondary N) is 1. The number of rotatable bonds is 13. The number of hydrogen-bond donors (Lipinski definition) is 3. The second-order valence-electron chi connectivity index (χ2n) is 5.31. The normalized spacial score (nSPS) is 12.0. The lowest BCUT2D eigenvalue weighted by Gasteiger charge is -2.15. The lowest BCUT2D eigenvalue weighted by molar-refractivity contribution is 0.358. The van der Waals surface area contributed by atoms with E-state index in [2.05, 4.69) is 12.2 Å². The maximum absolute atomic E-state index is 9.52. The van der Waals surface area contributed by atoms with E-state index in [9.17, 15) is 9.59 Å². The average Bonchev–Trinajstić information content (AvgIpc) is 2.36. The van der Waals surface area contributed by atoms with E-state index in [1.54, 1.807) is 0 Å². The molecule has 110 valence electrons. The molecule has 0 saturated heterocycles. The molecular weight excluding hydrogens is 242 g/mol. The van der Waals surface area contributed by atoms with Crippen molar-refractivity contribution in [3.05, 3.63) is 0 Å². The molecular formula is C14H33NO2Si. The van der Waals surface area contributed by atoms with Crippen LogP contribution in [0, 0.1) is 0 Å². The van der Waals surface area contributed by atoms with Crippen molar-refractivity contribution in [1.82, 2.24) is 5.32 Å². The Morgan fingerprint density at radius 2 is 1.33 bits per heavy atom. The highest BCUT2D eigenvalue weighted by molar-refractivity contribution is 6.64. The first kappa shape index (κ1) is 18.1. The van der Waals surface area contributed by atoms with Crippen molar-refractivity contribution in [2.75, 3.05) is 13.1 Å². The van der Waals surface area contributed by atoms with Gasteiger partial charge in [0, 0.05) is 6.04 Å². The highest BCUT2D eigenvalue weighted by Crippen LogP contribution is 2.08. The molecule has 0 aliphatic heterocycles. The van der Waals surface area contributed by atoms with Crippen molar-refractivity contribution >= 4 is 8.56 Å². The summed E-state index contributed by atoms with van der Waals surface area (Å²) >= 11 is 0. The largest absolute Gasteiger partial charge is 0.411 e. The van der Waals surface area contributed by atoms with Gasteiger partial charge in [-0.05, 0) is 25.6 Å². The Morgan fingerprint density at radius 1 is 0.778 bits per heavy atom. The molecule has 0 atom stereocenters. The summed E-state index contributed by atoms with van der Waals surface area (Å²) in [7, 11) is -2.83. The first-order valence-corrected chi connectivity index (χ1v) is 10.1. The van der Waals surface area contributed by atoms with Crippen molar-refractivity contribution in [1.29, 1.82) is 0 Å². The lowest BCUT2D eigenvalue weighted by Crippen LogP contribution is -2.37. The van der Waals surface area contributed by atoms with Gasteiger partial charge in [-0.1, -0.05) is 58.8 Å². The first-order chi connectivity index (χ1) is 8.62. The maximum atomic E-state index is 9.52. The van der Waals surface area contributed by atoms with Crippen LogP contribution in [0.15, 0.2) is 0 Å². The van der Waals surface area contributed by atoms with Crippen LogP contribution in [0.1, 0.15) is 65.2 Å². The third-order valence-corrected chi connectivity index (χ3v) is 5.66. The molecule has 0 unspecified atom stereocenters. The summed E-state index contributed by atoms with van der Waals surface area (Å²) in [6.45, 7) is 5.87. The fourth-order valence-corrected chi connectivity index (χ4v) is 2.90. The molecule has 0 aromatic carbocycles. The van der Waals surface area contributed by atoms with Crippen LogP contribution in [-0.2, 0) is 0 Å². The van der Waals surface area contributed by atoms with Crippen LogP contribution in [0.2, 0.25) is 12.1 Å². The fourth-order valence-electron chi connectivity index (χ4n) is 1.97. The molecule has 0 aliphatic carbocycles. The monoisotopic (exact) mass is 275 g/mol. The van der Waals surface area contributed by atoms with Gasteiger partial charge in [0.2, 0.25) is 0 Å². The van der Waals surface area contributed by atoms with Gasteiger partial charge >= 0.3 is 8.56 Å². The average molecular weight is 276 g/mol. The Morgan fingerprint density at radius 3 is 1.89 bits per heavy atom. The zero-order valence-electron chi connectivity index (χ0n) is 12.4. The summed E-state index contributed by atoms with van der Waals surface area (Å²) in [6.07, 6.45) is 10.7. The highest BCUT2D eigenvalue weighted by Gasteiger charge is 2.24. The SMILES string of the molecule is CCCCCCCCCCNCC[Si](O)(O)CC. The van der Waals surface area contributed by atoms with Crippen molar-refractivity contribution in [2.24, 2.45) is 0 Å². The molecule has 0 aliphatic rings. The van der Waals surface area contributed by atoms with Gasteiger partial charge in [-0.15, -0.1) is 0 Å². The molecule has 0 aromatic heterocycles.